The number of nitrogens with one attached hydrogen (secondary N) is 2. The van der Waals surface area contributed by atoms with Crippen LogP contribution in [0.3, 0.4) is 0 Å². The lowest BCUT2D eigenvalue weighted by molar-refractivity contribution is -0.121. The number of ketones is 1. The molecule has 9 nitrogen and oxygen atoms in total. The van der Waals surface area contributed by atoms with Gasteiger partial charge in [-0.2, -0.15) is 0 Å². The standard InChI is InChI=1S/C39H46N4O5S2/c1-2-3-4-6-26(44)16-27(45)11-9-23-10-14-35(47)38-32(23)22-50-49-21-25-18-42-39(40)29-13-12-28-30(37(25)29)15-24-17-41-33-20-43(19-31(24)33)36(48-38)8-5-7-34(28)46/h10,12-14,17,19-20,25-26,34,36,39,41-42,44,46-47H,2-4,6,8-9,11,15-16,18,21-22,40H2,1H3. The molecule has 0 saturated heterocycles. The number of aromatic amines is 1. The number of unbranched alkanes of at least 4 members (excludes halogenated alkanes) is 2. The first-order valence-corrected chi connectivity index (χ1v) is 20.2. The predicted molar refractivity (Wildman–Crippen MR) is 200 cm³/mol. The molecular weight excluding hydrogens is 669 g/mol. The largest absolute Gasteiger partial charge is 0.504 e. The number of aromatic hydroxyl groups is 1. The van der Waals surface area contributed by atoms with Crippen molar-refractivity contribution < 1.29 is 24.9 Å². The minimum Gasteiger partial charge on any atom is -0.504 e. The number of aliphatic hydroxyl groups is 2. The summed E-state index contributed by atoms with van der Waals surface area (Å²) in [5.74, 6) is 8.26. The molecule has 0 amide bonds. The lowest BCUT2D eigenvalue weighted by Crippen LogP contribution is -2.39. The smallest absolute Gasteiger partial charge is 0.186 e. The molecule has 2 aromatic heterocycles. The van der Waals surface area contributed by atoms with E-state index in [9.17, 15) is 20.1 Å². The van der Waals surface area contributed by atoms with E-state index in [0.717, 1.165) is 69.3 Å². The Bertz CT molecular complexity index is 1930. The average Bonchev–Trinajstić information content (AvgIpc) is 3.68. The summed E-state index contributed by atoms with van der Waals surface area (Å²) in [7, 11) is 3.46. The number of aromatic nitrogens is 2. The van der Waals surface area contributed by atoms with Crippen molar-refractivity contribution in [2.24, 2.45) is 5.73 Å². The van der Waals surface area contributed by atoms with Crippen molar-refractivity contribution in [2.45, 2.75) is 101 Å². The van der Waals surface area contributed by atoms with Gasteiger partial charge in [0.05, 0.1) is 24.2 Å². The first kappa shape index (κ1) is 35.1. The third kappa shape index (κ3) is 7.33. The van der Waals surface area contributed by atoms with Crippen LogP contribution in [0.2, 0.25) is 0 Å². The minimum absolute atomic E-state index is 0.0281. The molecule has 5 atom stereocenters. The molecular formula is C39H46N4O5S2. The van der Waals surface area contributed by atoms with Gasteiger partial charge >= 0.3 is 0 Å². The van der Waals surface area contributed by atoms with E-state index in [1.54, 1.807) is 27.7 Å². The van der Waals surface area contributed by atoms with E-state index in [0.29, 0.717) is 43.7 Å². The lowest BCUT2D eigenvalue weighted by Gasteiger charge is -2.34. The number of ether oxygens (including phenoxy) is 1. The summed E-state index contributed by atoms with van der Waals surface area (Å²) in [5, 5.41) is 37.8. The van der Waals surface area contributed by atoms with Crippen molar-refractivity contribution in [3.05, 3.63) is 81.8 Å². The molecule has 264 valence electrons. The van der Waals surface area contributed by atoms with Gasteiger partial charge in [0.1, 0.15) is 11.9 Å². The highest BCUT2D eigenvalue weighted by atomic mass is 33.1. The topological polar surface area (TPSA) is 146 Å². The average molecular weight is 715 g/mol. The predicted octanol–water partition coefficient (Wildman–Crippen LogP) is 6.66. The van der Waals surface area contributed by atoms with Crippen LogP contribution in [0.15, 0.2) is 42.9 Å². The summed E-state index contributed by atoms with van der Waals surface area (Å²) in [6.45, 7) is 2.83. The van der Waals surface area contributed by atoms with Crippen molar-refractivity contribution in [1.29, 1.82) is 0 Å². The maximum Gasteiger partial charge on any atom is 0.186 e. The maximum atomic E-state index is 13.0. The number of hydrogen-bond acceptors (Lipinski definition) is 9. The molecule has 11 heteroatoms. The number of hydrogen-bond donors (Lipinski definition) is 6. The molecule has 8 rings (SSSR count). The van der Waals surface area contributed by atoms with E-state index in [4.69, 9.17) is 10.5 Å². The number of aliphatic hydroxyl groups excluding tert-OH is 2. The van der Waals surface area contributed by atoms with E-state index in [1.165, 1.54) is 5.56 Å². The number of fused-ring (bicyclic) bond motifs is 5. The van der Waals surface area contributed by atoms with Crippen LogP contribution in [-0.4, -0.2) is 49.1 Å². The number of aryl methyl sites for hydroxylation is 1. The molecule has 50 heavy (non-hydrogen) atoms. The van der Waals surface area contributed by atoms with Gasteiger partial charge < -0.3 is 35.3 Å². The number of nitrogens with two attached hydrogens (primary N) is 1. The van der Waals surface area contributed by atoms with E-state index >= 15 is 0 Å². The van der Waals surface area contributed by atoms with Gasteiger partial charge in [0.2, 0.25) is 0 Å². The number of phenolic OH excluding ortho intramolecular Hbond substituents is 1. The van der Waals surface area contributed by atoms with Crippen molar-refractivity contribution in [3.63, 3.8) is 0 Å². The Hall–Kier alpha value is -3.37. The third-order valence-corrected chi connectivity index (χ3v) is 12.7. The lowest BCUT2D eigenvalue weighted by atomic mass is 9.81. The zero-order chi connectivity index (χ0) is 34.8. The third-order valence-electron chi connectivity index (χ3n) is 10.3. The fourth-order valence-corrected chi connectivity index (χ4v) is 10.0. The molecule has 0 saturated carbocycles. The molecule has 4 aliphatic heterocycles. The van der Waals surface area contributed by atoms with Gasteiger partial charge in [0, 0.05) is 72.8 Å². The van der Waals surface area contributed by atoms with Gasteiger partial charge in [-0.15, -0.1) is 0 Å². The van der Waals surface area contributed by atoms with Crippen LogP contribution in [0, 0.1) is 11.8 Å². The highest BCUT2D eigenvalue weighted by molar-refractivity contribution is 8.76. The molecule has 4 aromatic rings. The molecule has 0 radical (unpaired) electrons. The molecule has 7 N–H and O–H groups in total. The Kier molecular flexibility index (Phi) is 10.9. The molecule has 4 aliphatic rings. The number of rotatable bonds is 9. The fraction of sp³-hybridized carbons (Fsp3) is 0.462. The molecule has 6 heterocycles. The Balaban J connectivity index is 1.28. The second-order valence-corrected chi connectivity index (χ2v) is 16.2. The number of Topliss-reactive ketones (excluding diaryl/α,β-unsaturated/α-hetero) is 1. The Morgan fingerprint density at radius 2 is 2.02 bits per heavy atom. The number of carbonyl (C=O) groups is 1. The Morgan fingerprint density at radius 3 is 2.88 bits per heavy atom. The van der Waals surface area contributed by atoms with Gasteiger partial charge in [0.15, 0.2) is 17.7 Å². The van der Waals surface area contributed by atoms with Crippen LogP contribution in [0.1, 0.15) is 115 Å². The quantitative estimate of drug-likeness (QED) is 0.0637. The van der Waals surface area contributed by atoms with Gasteiger partial charge in [0.25, 0.3) is 0 Å². The molecule has 5 unspecified atom stereocenters. The highest BCUT2D eigenvalue weighted by Crippen LogP contribution is 2.44. The van der Waals surface area contributed by atoms with Gasteiger partial charge in [-0.05, 0) is 52.3 Å². The molecule has 0 aliphatic carbocycles. The minimum atomic E-state index is -0.990. The zero-order valence-electron chi connectivity index (χ0n) is 28.4. The number of H-pyrrole nitrogens is 1. The molecule has 0 fully saturated rings. The highest BCUT2D eigenvalue weighted by Gasteiger charge is 2.31. The van der Waals surface area contributed by atoms with Gasteiger partial charge in [-0.25, -0.2) is 0 Å². The fourth-order valence-electron chi connectivity index (χ4n) is 7.57. The Labute approximate surface area is 301 Å². The number of benzene rings is 2. The van der Waals surface area contributed by atoms with E-state index in [-0.39, 0.29) is 36.5 Å². The molecule has 6 bridgehead atoms. The maximum absolute atomic E-state index is 13.0. The van der Waals surface area contributed by atoms with Crippen LogP contribution in [0.5, 0.6) is 11.5 Å². The Morgan fingerprint density at radius 1 is 1.16 bits per heavy atom. The summed E-state index contributed by atoms with van der Waals surface area (Å²) in [6, 6.07) is 7.55. The van der Waals surface area contributed by atoms with Crippen LogP contribution in [-0.2, 0) is 23.4 Å². The monoisotopic (exact) mass is 714 g/mol. The number of nitrogens with zero attached hydrogens (tertiary/aromatic N) is 1. The summed E-state index contributed by atoms with van der Waals surface area (Å²) < 4.78 is 8.73. The van der Waals surface area contributed by atoms with Crippen molar-refractivity contribution in [1.82, 2.24) is 14.9 Å². The summed E-state index contributed by atoms with van der Waals surface area (Å²) >= 11 is 0. The van der Waals surface area contributed by atoms with Gasteiger partial charge in [-0.3, -0.25) is 10.1 Å². The van der Waals surface area contributed by atoms with Crippen LogP contribution >= 0.6 is 21.6 Å². The zero-order valence-corrected chi connectivity index (χ0v) is 30.0. The van der Waals surface area contributed by atoms with E-state index in [2.05, 4.69) is 35.3 Å². The van der Waals surface area contributed by atoms with Gasteiger partial charge in [-0.1, -0.05) is 77.8 Å². The van der Waals surface area contributed by atoms with Crippen molar-refractivity contribution in [3.8, 4) is 23.3 Å². The van der Waals surface area contributed by atoms with Crippen LogP contribution in [0.4, 0.5) is 0 Å². The van der Waals surface area contributed by atoms with Crippen molar-refractivity contribution >= 4 is 38.3 Å². The van der Waals surface area contributed by atoms with Crippen LogP contribution in [0.25, 0.3) is 10.9 Å². The number of phenols is 1. The molecule has 2 aromatic carbocycles. The van der Waals surface area contributed by atoms with Crippen LogP contribution < -0.4 is 15.8 Å². The van der Waals surface area contributed by atoms with Crippen molar-refractivity contribution in [2.75, 3.05) is 12.3 Å². The second-order valence-electron chi connectivity index (χ2n) is 13.7. The SMILES string of the molecule is CCCCCC(O)CC(=O)CCc1ccc(O)c2c1CSSCC1CNC(N)c3ccc4c(c31)Cc1c[nH]c3cn(cc13)C(CC#CC4O)O2. The summed E-state index contributed by atoms with van der Waals surface area (Å²) in [6.07, 6.45) is 9.13. The second kappa shape index (κ2) is 15.5. The first-order valence-electron chi connectivity index (χ1n) is 17.7. The summed E-state index contributed by atoms with van der Waals surface area (Å²) in [5.41, 5.74) is 14.6. The van der Waals surface area contributed by atoms with E-state index < -0.39 is 18.4 Å². The van der Waals surface area contributed by atoms with E-state index in [1.807, 2.05) is 35.2 Å². The summed E-state index contributed by atoms with van der Waals surface area (Å²) in [4.78, 5) is 16.4. The normalized spacial score (nSPS) is 22.2. The molecule has 0 spiro atoms. The first-order chi connectivity index (χ1) is 24.3. The number of carbonyl (C=O) groups excluding carboxylic acids is 1.